The lowest BCUT2D eigenvalue weighted by Gasteiger charge is -2.46. The minimum Gasteiger partial charge on any atom is -0.497 e. The van der Waals surface area contributed by atoms with Crippen LogP contribution in [0, 0.1) is 0 Å². The number of rotatable bonds is 17. The Morgan fingerprint density at radius 2 is 0.926 bits per heavy atom. The predicted molar refractivity (Wildman–Crippen MR) is 211 cm³/mol. The first-order valence-corrected chi connectivity index (χ1v) is 18.7. The first-order valence-electron chi connectivity index (χ1n) is 18.7. The van der Waals surface area contributed by atoms with E-state index in [2.05, 4.69) is 84.9 Å². The van der Waals surface area contributed by atoms with E-state index in [1.165, 1.54) is 11.1 Å². The lowest BCUT2D eigenvalue weighted by Crippen LogP contribution is -2.58. The van der Waals surface area contributed by atoms with E-state index in [4.69, 9.17) is 28.4 Å². The fourth-order valence-electron chi connectivity index (χ4n) is 6.92. The highest BCUT2D eigenvalue weighted by molar-refractivity contribution is 5.34. The van der Waals surface area contributed by atoms with Crippen molar-refractivity contribution in [3.63, 3.8) is 0 Å². The van der Waals surface area contributed by atoms with Gasteiger partial charge in [0.2, 0.25) is 0 Å². The van der Waals surface area contributed by atoms with Gasteiger partial charge in [-0.25, -0.2) is 0 Å². The Labute approximate surface area is 319 Å². The fourth-order valence-corrected chi connectivity index (χ4v) is 6.92. The van der Waals surface area contributed by atoms with Gasteiger partial charge in [0.05, 0.1) is 40.1 Å². The number of hydrogen-bond acceptors (Lipinski definition) is 6. The molecule has 1 aliphatic heterocycles. The second-order valence-electron chi connectivity index (χ2n) is 13.6. The van der Waals surface area contributed by atoms with Gasteiger partial charge in [-0.3, -0.25) is 0 Å². The Morgan fingerprint density at radius 3 is 1.46 bits per heavy atom. The summed E-state index contributed by atoms with van der Waals surface area (Å²) in [7, 11) is 1.69. The molecule has 0 saturated carbocycles. The van der Waals surface area contributed by atoms with Crippen molar-refractivity contribution in [1.82, 2.24) is 0 Å². The third-order valence-corrected chi connectivity index (χ3v) is 9.73. The molecule has 0 spiro atoms. The molecule has 1 heterocycles. The first-order chi connectivity index (χ1) is 26.7. The van der Waals surface area contributed by atoms with Crippen LogP contribution in [0.4, 0.5) is 0 Å². The van der Waals surface area contributed by atoms with E-state index in [-0.39, 0.29) is 0 Å². The fraction of sp³-hybridized carbons (Fsp3) is 0.250. The van der Waals surface area contributed by atoms with Gasteiger partial charge in [0.15, 0.2) is 0 Å². The zero-order valence-corrected chi connectivity index (χ0v) is 30.7. The van der Waals surface area contributed by atoms with Crippen LogP contribution < -0.4 is 4.74 Å². The summed E-state index contributed by atoms with van der Waals surface area (Å²) < 4.78 is 39.7. The number of ether oxygens (including phenoxy) is 6. The van der Waals surface area contributed by atoms with Crippen LogP contribution >= 0.6 is 0 Å². The Morgan fingerprint density at radius 1 is 0.444 bits per heavy atom. The molecule has 0 radical (unpaired) electrons. The largest absolute Gasteiger partial charge is 0.497 e. The van der Waals surface area contributed by atoms with E-state index in [1.54, 1.807) is 7.11 Å². The molecule has 54 heavy (non-hydrogen) atoms. The zero-order valence-electron chi connectivity index (χ0n) is 30.7. The summed E-state index contributed by atoms with van der Waals surface area (Å²) in [4.78, 5) is 0. The van der Waals surface area contributed by atoms with Crippen LogP contribution in [0.5, 0.6) is 5.75 Å². The molecule has 0 unspecified atom stereocenters. The first kappa shape index (κ1) is 37.2. The van der Waals surface area contributed by atoms with Crippen molar-refractivity contribution in [2.45, 2.75) is 63.4 Å². The second kappa shape index (κ2) is 19.3. The average Bonchev–Trinajstić information content (AvgIpc) is 3.23. The van der Waals surface area contributed by atoms with Gasteiger partial charge >= 0.3 is 0 Å². The standard InChI is InChI=1S/C48H48O6/c1-49-43-27-25-36(26-28-43)29-41-23-14-24-42(30-41)45-47(52-33-39-19-10-4-11-20-39)48(53-34-40-21-12-5-13-22-40)46(51-32-38-17-8-3-9-18-38)44(54-45)35-50-31-37-15-6-2-7-16-37/h2-28,30,44-48H,29,31-35H2,1H3/t44-,45+,46-,47+,48+/m1/s1. The van der Waals surface area contributed by atoms with Gasteiger partial charge in [-0.05, 0) is 57.5 Å². The van der Waals surface area contributed by atoms with Crippen LogP contribution in [0.3, 0.4) is 0 Å². The van der Waals surface area contributed by atoms with Crippen LogP contribution in [0.25, 0.3) is 0 Å². The Balaban J connectivity index is 1.24. The van der Waals surface area contributed by atoms with Crippen LogP contribution in [0.2, 0.25) is 0 Å². The number of hydrogen-bond donors (Lipinski definition) is 0. The monoisotopic (exact) mass is 720 g/mol. The molecule has 7 rings (SSSR count). The smallest absolute Gasteiger partial charge is 0.118 e. The molecule has 6 aromatic carbocycles. The van der Waals surface area contributed by atoms with Crippen molar-refractivity contribution in [3.8, 4) is 5.75 Å². The summed E-state index contributed by atoms with van der Waals surface area (Å²) in [5.74, 6) is 0.840. The van der Waals surface area contributed by atoms with Crippen molar-refractivity contribution in [1.29, 1.82) is 0 Å². The van der Waals surface area contributed by atoms with E-state index >= 15 is 0 Å². The Bertz CT molecular complexity index is 1950. The third kappa shape index (κ3) is 10.3. The normalized spacial score (nSPS) is 19.7. The Hall–Kier alpha value is -5.08. The molecule has 0 amide bonds. The minimum absolute atomic E-state index is 0.312. The lowest BCUT2D eigenvalue weighted by atomic mass is 9.89. The summed E-state index contributed by atoms with van der Waals surface area (Å²) in [6.45, 7) is 1.94. The number of benzene rings is 6. The molecule has 1 fully saturated rings. The van der Waals surface area contributed by atoms with Crippen LogP contribution in [0.15, 0.2) is 170 Å². The summed E-state index contributed by atoms with van der Waals surface area (Å²) in [5.41, 5.74) is 7.69. The maximum Gasteiger partial charge on any atom is 0.118 e. The molecule has 0 aliphatic carbocycles. The molecular weight excluding hydrogens is 673 g/mol. The number of methoxy groups -OCH3 is 1. The molecule has 5 atom stereocenters. The maximum atomic E-state index is 7.16. The Kier molecular flexibility index (Phi) is 13.3. The van der Waals surface area contributed by atoms with Crippen molar-refractivity contribution >= 4 is 0 Å². The van der Waals surface area contributed by atoms with Crippen LogP contribution in [-0.4, -0.2) is 38.1 Å². The quantitative estimate of drug-likeness (QED) is 0.0936. The molecule has 0 bridgehead atoms. The lowest BCUT2D eigenvalue weighted by molar-refractivity contribution is -0.275. The highest BCUT2D eigenvalue weighted by atomic mass is 16.6. The maximum absolute atomic E-state index is 7.16. The van der Waals surface area contributed by atoms with Gasteiger partial charge in [-0.2, -0.15) is 0 Å². The molecule has 1 aliphatic rings. The topological polar surface area (TPSA) is 55.4 Å². The summed E-state index contributed by atoms with van der Waals surface area (Å²) in [6, 6.07) is 57.8. The molecule has 6 aromatic rings. The summed E-state index contributed by atoms with van der Waals surface area (Å²) in [5, 5.41) is 0. The average molecular weight is 721 g/mol. The third-order valence-electron chi connectivity index (χ3n) is 9.73. The van der Waals surface area contributed by atoms with Gasteiger partial charge in [-0.1, -0.05) is 158 Å². The zero-order chi connectivity index (χ0) is 36.8. The van der Waals surface area contributed by atoms with Crippen LogP contribution in [0.1, 0.15) is 45.0 Å². The van der Waals surface area contributed by atoms with E-state index in [9.17, 15) is 0 Å². The van der Waals surface area contributed by atoms with Crippen molar-refractivity contribution in [3.05, 3.63) is 209 Å². The SMILES string of the molecule is COc1ccc(Cc2cccc([C@@H]3O[C@H](COCc4ccccc4)[C@@H](OCc4ccccc4)[C@H](OCc4ccccc4)[C@H]3OCc3ccccc3)c2)cc1. The highest BCUT2D eigenvalue weighted by Gasteiger charge is 2.49. The molecule has 0 N–H and O–H groups in total. The summed E-state index contributed by atoms with van der Waals surface area (Å²) >= 11 is 0. The summed E-state index contributed by atoms with van der Waals surface area (Å²) in [6.07, 6.45) is -1.65. The van der Waals surface area contributed by atoms with Crippen molar-refractivity contribution < 1.29 is 28.4 Å². The molecule has 6 heteroatoms. The van der Waals surface area contributed by atoms with Crippen molar-refractivity contribution in [2.24, 2.45) is 0 Å². The molecule has 6 nitrogen and oxygen atoms in total. The molecule has 276 valence electrons. The van der Waals surface area contributed by atoms with Gasteiger partial charge in [0.1, 0.15) is 36.3 Å². The van der Waals surface area contributed by atoms with E-state index in [1.807, 2.05) is 84.9 Å². The van der Waals surface area contributed by atoms with Gasteiger partial charge < -0.3 is 28.4 Å². The molecular formula is C48H48O6. The van der Waals surface area contributed by atoms with E-state index in [0.29, 0.717) is 33.0 Å². The van der Waals surface area contributed by atoms with E-state index < -0.39 is 30.5 Å². The highest BCUT2D eigenvalue weighted by Crippen LogP contribution is 2.39. The molecule has 1 saturated heterocycles. The van der Waals surface area contributed by atoms with Crippen molar-refractivity contribution in [2.75, 3.05) is 13.7 Å². The van der Waals surface area contributed by atoms with Gasteiger partial charge in [-0.15, -0.1) is 0 Å². The van der Waals surface area contributed by atoms with E-state index in [0.717, 1.165) is 40.0 Å². The van der Waals surface area contributed by atoms with Gasteiger partial charge in [0.25, 0.3) is 0 Å². The minimum atomic E-state index is -0.503. The predicted octanol–water partition coefficient (Wildman–Crippen LogP) is 9.70. The molecule has 0 aromatic heterocycles. The van der Waals surface area contributed by atoms with Gasteiger partial charge in [0, 0.05) is 0 Å². The van der Waals surface area contributed by atoms with Crippen LogP contribution in [-0.2, 0) is 56.5 Å². The second-order valence-corrected chi connectivity index (χ2v) is 13.6.